The summed E-state index contributed by atoms with van der Waals surface area (Å²) in [6, 6.07) is 16.8. The highest BCUT2D eigenvalue weighted by atomic mass is 35.5. The van der Waals surface area contributed by atoms with Crippen LogP contribution in [-0.4, -0.2) is 27.3 Å². The number of rotatable bonds is 6. The molecule has 29 heavy (non-hydrogen) atoms. The summed E-state index contributed by atoms with van der Waals surface area (Å²) in [6.07, 6.45) is 0.0358. The van der Waals surface area contributed by atoms with E-state index in [1.807, 2.05) is 6.07 Å². The number of aliphatic hydroxyl groups is 1. The fourth-order valence-electron chi connectivity index (χ4n) is 2.83. The first-order valence-electron chi connectivity index (χ1n) is 8.98. The summed E-state index contributed by atoms with van der Waals surface area (Å²) in [6.45, 7) is 1.58. The third-order valence-corrected chi connectivity index (χ3v) is 4.67. The van der Waals surface area contributed by atoms with E-state index in [0.717, 1.165) is 4.68 Å². The van der Waals surface area contributed by atoms with E-state index in [9.17, 15) is 14.7 Å². The van der Waals surface area contributed by atoms with Crippen molar-refractivity contribution in [1.29, 1.82) is 5.26 Å². The molecule has 0 bridgehead atoms. The van der Waals surface area contributed by atoms with Crippen molar-refractivity contribution >= 4 is 17.4 Å². The normalized spacial score (nSPS) is 11.7. The van der Waals surface area contributed by atoms with Gasteiger partial charge in [0.25, 0.3) is 5.56 Å². The molecule has 0 amide bonds. The Kier molecular flexibility index (Phi) is 6.23. The monoisotopic (exact) mass is 407 g/mol. The predicted octanol–water partition coefficient (Wildman–Crippen LogP) is 3.63. The molecule has 0 fully saturated rings. The molecule has 0 saturated carbocycles. The summed E-state index contributed by atoms with van der Waals surface area (Å²) in [5.41, 5.74) is 1.26. The van der Waals surface area contributed by atoms with Gasteiger partial charge in [-0.1, -0.05) is 36.7 Å². The Labute approximate surface area is 172 Å². The number of carbonyl (C=O) groups is 1. The van der Waals surface area contributed by atoms with Gasteiger partial charge in [-0.2, -0.15) is 15.0 Å². The molecule has 0 unspecified atom stereocenters. The van der Waals surface area contributed by atoms with Crippen molar-refractivity contribution in [3.63, 3.8) is 0 Å². The summed E-state index contributed by atoms with van der Waals surface area (Å²) < 4.78 is 1.13. The van der Waals surface area contributed by atoms with Crippen LogP contribution in [0.1, 0.15) is 29.3 Å². The summed E-state index contributed by atoms with van der Waals surface area (Å²) in [4.78, 5) is 25.8. The maximum Gasteiger partial charge on any atom is 0.282 e. The summed E-state index contributed by atoms with van der Waals surface area (Å²) >= 11 is 5.96. The SMILES string of the molecule is C[C@@H](CO)CC(=O)c1cc(-c2ccc(Cl)cc2)nn(-c2cccc(C#N)c2)c1=O. The molecule has 0 saturated heterocycles. The van der Waals surface area contributed by atoms with Crippen molar-refractivity contribution < 1.29 is 9.90 Å². The van der Waals surface area contributed by atoms with Crippen molar-refractivity contribution in [2.24, 2.45) is 5.92 Å². The number of aromatic nitrogens is 2. The van der Waals surface area contributed by atoms with E-state index in [1.54, 1.807) is 49.4 Å². The summed E-state index contributed by atoms with van der Waals surface area (Å²) in [7, 11) is 0. The standard InChI is InChI=1S/C22H18ClN3O3/c1-14(13-27)9-21(28)19-11-20(16-5-7-17(23)8-6-16)25-26(22(19)29)18-4-2-3-15(10-18)12-24/h2-8,10-11,14,27H,9,13H2,1H3/t14-/m1/s1. The highest BCUT2D eigenvalue weighted by Crippen LogP contribution is 2.21. The van der Waals surface area contributed by atoms with E-state index in [0.29, 0.717) is 27.5 Å². The molecular weight excluding hydrogens is 390 g/mol. The molecule has 2 aromatic carbocycles. The quantitative estimate of drug-likeness (QED) is 0.629. The smallest absolute Gasteiger partial charge is 0.282 e. The van der Waals surface area contributed by atoms with Gasteiger partial charge in [-0.3, -0.25) is 9.59 Å². The van der Waals surface area contributed by atoms with E-state index in [4.69, 9.17) is 16.9 Å². The van der Waals surface area contributed by atoms with E-state index in [-0.39, 0.29) is 30.3 Å². The second kappa shape index (κ2) is 8.82. The topological polar surface area (TPSA) is 96.0 Å². The highest BCUT2D eigenvalue weighted by Gasteiger charge is 2.19. The van der Waals surface area contributed by atoms with Crippen LogP contribution in [0.4, 0.5) is 0 Å². The van der Waals surface area contributed by atoms with Crippen molar-refractivity contribution in [2.45, 2.75) is 13.3 Å². The molecule has 6 nitrogen and oxygen atoms in total. The Morgan fingerprint density at radius 1 is 1.24 bits per heavy atom. The number of benzene rings is 2. The van der Waals surface area contributed by atoms with Crippen LogP contribution < -0.4 is 5.56 Å². The predicted molar refractivity (Wildman–Crippen MR) is 110 cm³/mol. The van der Waals surface area contributed by atoms with Gasteiger partial charge >= 0.3 is 0 Å². The van der Waals surface area contributed by atoms with E-state index < -0.39 is 5.56 Å². The lowest BCUT2D eigenvalue weighted by molar-refractivity contribution is 0.0941. The molecule has 0 radical (unpaired) electrons. The number of aliphatic hydroxyl groups excluding tert-OH is 1. The zero-order valence-corrected chi connectivity index (χ0v) is 16.4. The van der Waals surface area contributed by atoms with Crippen LogP contribution in [0.5, 0.6) is 0 Å². The van der Waals surface area contributed by atoms with Crippen molar-refractivity contribution in [1.82, 2.24) is 9.78 Å². The maximum atomic E-state index is 13.0. The van der Waals surface area contributed by atoms with Gasteiger partial charge in [0.15, 0.2) is 5.78 Å². The molecule has 1 N–H and O–H groups in total. The van der Waals surface area contributed by atoms with Crippen LogP contribution >= 0.6 is 11.6 Å². The van der Waals surface area contributed by atoms with E-state index in [1.165, 1.54) is 12.1 Å². The number of carbonyl (C=O) groups excluding carboxylic acids is 1. The Morgan fingerprint density at radius 2 is 1.97 bits per heavy atom. The third kappa shape index (κ3) is 4.60. The number of hydrogen-bond acceptors (Lipinski definition) is 5. The van der Waals surface area contributed by atoms with Gasteiger partial charge < -0.3 is 5.11 Å². The average Bonchev–Trinajstić information content (AvgIpc) is 2.74. The number of nitrogens with zero attached hydrogens (tertiary/aromatic N) is 3. The molecule has 3 rings (SSSR count). The van der Waals surface area contributed by atoms with Crippen LogP contribution in [0, 0.1) is 17.2 Å². The first-order chi connectivity index (χ1) is 13.9. The minimum absolute atomic E-state index is 0.0207. The lowest BCUT2D eigenvalue weighted by atomic mass is 10.00. The molecule has 1 heterocycles. The van der Waals surface area contributed by atoms with Gasteiger partial charge in [-0.15, -0.1) is 0 Å². The van der Waals surface area contributed by atoms with Crippen molar-refractivity contribution in [3.05, 3.63) is 81.1 Å². The number of nitriles is 1. The fraction of sp³-hybridized carbons (Fsp3) is 0.182. The van der Waals surface area contributed by atoms with Gasteiger partial charge in [0.2, 0.25) is 0 Å². The van der Waals surface area contributed by atoms with Crippen LogP contribution in [-0.2, 0) is 0 Å². The molecule has 3 aromatic rings. The van der Waals surface area contributed by atoms with Crippen LogP contribution in [0.15, 0.2) is 59.4 Å². The zero-order chi connectivity index (χ0) is 21.0. The number of ketones is 1. The van der Waals surface area contributed by atoms with Gasteiger partial charge in [0, 0.05) is 23.6 Å². The Morgan fingerprint density at radius 3 is 2.62 bits per heavy atom. The van der Waals surface area contributed by atoms with Crippen LogP contribution in [0.2, 0.25) is 5.02 Å². The fourth-order valence-corrected chi connectivity index (χ4v) is 2.96. The van der Waals surface area contributed by atoms with E-state index >= 15 is 0 Å². The van der Waals surface area contributed by atoms with Crippen molar-refractivity contribution in [2.75, 3.05) is 6.61 Å². The molecule has 1 aromatic heterocycles. The zero-order valence-electron chi connectivity index (χ0n) is 15.7. The van der Waals surface area contributed by atoms with Crippen LogP contribution in [0.25, 0.3) is 16.9 Å². The second-order valence-corrected chi connectivity index (χ2v) is 7.18. The van der Waals surface area contributed by atoms with Crippen LogP contribution in [0.3, 0.4) is 0 Å². The highest BCUT2D eigenvalue weighted by molar-refractivity contribution is 6.30. The Hall–Kier alpha value is -3.27. The Balaban J connectivity index is 2.21. The van der Waals surface area contributed by atoms with E-state index in [2.05, 4.69) is 5.10 Å². The van der Waals surface area contributed by atoms with Gasteiger partial charge in [-0.25, -0.2) is 0 Å². The molecule has 0 aliphatic carbocycles. The van der Waals surface area contributed by atoms with Gasteiger partial charge in [-0.05, 0) is 42.3 Å². The molecule has 0 aliphatic rings. The summed E-state index contributed by atoms with van der Waals surface area (Å²) in [5.74, 6) is -0.649. The number of hydrogen-bond donors (Lipinski definition) is 1. The maximum absolute atomic E-state index is 13.0. The lowest BCUT2D eigenvalue weighted by Gasteiger charge is -2.12. The minimum Gasteiger partial charge on any atom is -0.396 e. The second-order valence-electron chi connectivity index (χ2n) is 6.74. The number of halogens is 1. The first-order valence-corrected chi connectivity index (χ1v) is 9.35. The third-order valence-electron chi connectivity index (χ3n) is 4.42. The Bertz CT molecular complexity index is 1150. The molecule has 0 aliphatic heterocycles. The molecule has 1 atom stereocenters. The van der Waals surface area contributed by atoms with Gasteiger partial charge in [0.1, 0.15) is 0 Å². The first kappa shape index (κ1) is 20.5. The lowest BCUT2D eigenvalue weighted by Crippen LogP contribution is -2.28. The largest absolute Gasteiger partial charge is 0.396 e. The molecule has 146 valence electrons. The molecular formula is C22H18ClN3O3. The molecule has 7 heteroatoms. The van der Waals surface area contributed by atoms with Crippen molar-refractivity contribution in [3.8, 4) is 23.0 Å². The number of Topliss-reactive ketones (excluding diaryl/α,β-unsaturated/α-hetero) is 1. The minimum atomic E-state index is -0.576. The molecule has 0 spiro atoms. The van der Waals surface area contributed by atoms with Gasteiger partial charge in [0.05, 0.1) is 28.6 Å². The summed E-state index contributed by atoms with van der Waals surface area (Å²) in [5, 5.41) is 23.4. The average molecular weight is 408 g/mol.